The smallest absolute Gasteiger partial charge is 0.335 e. The third-order valence-corrected chi connectivity index (χ3v) is 2.98. The molecule has 92 valence electrons. The van der Waals surface area contributed by atoms with Crippen LogP contribution >= 0.6 is 11.6 Å². The molecule has 0 aliphatic rings. The summed E-state index contributed by atoms with van der Waals surface area (Å²) < 4.78 is 13.3. The lowest BCUT2D eigenvalue weighted by Gasteiger charge is -2.07. The van der Waals surface area contributed by atoms with Crippen molar-refractivity contribution in [2.75, 3.05) is 0 Å². The Morgan fingerprint density at radius 3 is 2.67 bits per heavy atom. The topological polar surface area (TPSA) is 37.3 Å². The molecule has 0 fully saturated rings. The van der Waals surface area contributed by atoms with Crippen LogP contribution in [0.3, 0.4) is 0 Å². The van der Waals surface area contributed by atoms with Crippen LogP contribution in [0.2, 0.25) is 5.02 Å². The zero-order chi connectivity index (χ0) is 13.3. The highest BCUT2D eigenvalue weighted by atomic mass is 35.5. The number of aryl methyl sites for hydroxylation is 1. The molecule has 0 aromatic heterocycles. The quantitative estimate of drug-likeness (QED) is 0.885. The second kappa shape index (κ2) is 4.78. The van der Waals surface area contributed by atoms with E-state index >= 15 is 0 Å². The van der Waals surface area contributed by atoms with Crippen LogP contribution in [0.5, 0.6) is 0 Å². The molecular weight excluding hydrogens is 255 g/mol. The minimum absolute atomic E-state index is 0.172. The molecule has 2 aromatic rings. The van der Waals surface area contributed by atoms with Gasteiger partial charge in [0.25, 0.3) is 0 Å². The lowest BCUT2D eigenvalue weighted by molar-refractivity contribution is 0.0697. The normalized spacial score (nSPS) is 10.4. The molecule has 0 unspecified atom stereocenters. The van der Waals surface area contributed by atoms with Gasteiger partial charge in [-0.25, -0.2) is 9.18 Å². The van der Waals surface area contributed by atoms with E-state index in [2.05, 4.69) is 0 Å². The second-order valence-electron chi connectivity index (χ2n) is 3.97. The Balaban J connectivity index is 2.58. The molecule has 0 aliphatic carbocycles. The van der Waals surface area contributed by atoms with Crippen LogP contribution in [0, 0.1) is 12.7 Å². The van der Waals surface area contributed by atoms with E-state index in [1.807, 2.05) is 0 Å². The van der Waals surface area contributed by atoms with Gasteiger partial charge >= 0.3 is 5.97 Å². The Morgan fingerprint density at radius 2 is 2.00 bits per heavy atom. The van der Waals surface area contributed by atoms with Crippen LogP contribution < -0.4 is 0 Å². The first-order chi connectivity index (χ1) is 8.49. The fourth-order valence-electron chi connectivity index (χ4n) is 1.70. The van der Waals surface area contributed by atoms with Crippen LogP contribution in [-0.2, 0) is 0 Å². The number of benzene rings is 2. The van der Waals surface area contributed by atoms with Gasteiger partial charge in [-0.15, -0.1) is 0 Å². The molecule has 0 atom stereocenters. The third kappa shape index (κ3) is 2.36. The first-order valence-corrected chi connectivity index (χ1v) is 5.66. The van der Waals surface area contributed by atoms with Gasteiger partial charge < -0.3 is 5.11 Å². The Hall–Kier alpha value is -1.87. The summed E-state index contributed by atoms with van der Waals surface area (Å²) in [5.74, 6) is -1.38. The largest absolute Gasteiger partial charge is 0.478 e. The SMILES string of the molecule is Cc1cc(-c2cccc(C(=O)O)c2)c(Cl)cc1F. The summed E-state index contributed by atoms with van der Waals surface area (Å²) in [4.78, 5) is 10.9. The molecule has 0 saturated heterocycles. The van der Waals surface area contributed by atoms with Crippen molar-refractivity contribution in [3.05, 3.63) is 58.4 Å². The lowest BCUT2D eigenvalue weighted by Crippen LogP contribution is -1.96. The fraction of sp³-hybridized carbons (Fsp3) is 0.0714. The van der Waals surface area contributed by atoms with E-state index in [1.165, 1.54) is 18.2 Å². The molecule has 1 N–H and O–H groups in total. The number of halogens is 2. The second-order valence-corrected chi connectivity index (χ2v) is 4.37. The summed E-state index contributed by atoms with van der Waals surface area (Å²) in [6.07, 6.45) is 0. The summed E-state index contributed by atoms with van der Waals surface area (Å²) in [5.41, 5.74) is 1.92. The monoisotopic (exact) mass is 264 g/mol. The molecule has 0 bridgehead atoms. The van der Waals surface area contributed by atoms with Crippen molar-refractivity contribution in [1.29, 1.82) is 0 Å². The van der Waals surface area contributed by atoms with E-state index in [-0.39, 0.29) is 16.4 Å². The van der Waals surface area contributed by atoms with Crippen molar-refractivity contribution in [2.24, 2.45) is 0 Å². The molecule has 0 saturated carbocycles. The number of carboxylic acids is 1. The van der Waals surface area contributed by atoms with E-state index < -0.39 is 5.97 Å². The number of aromatic carboxylic acids is 1. The highest BCUT2D eigenvalue weighted by molar-refractivity contribution is 6.33. The minimum Gasteiger partial charge on any atom is -0.478 e. The Morgan fingerprint density at radius 1 is 1.28 bits per heavy atom. The summed E-state index contributed by atoms with van der Waals surface area (Å²) >= 11 is 5.98. The molecule has 0 spiro atoms. The molecule has 0 heterocycles. The number of hydrogen-bond donors (Lipinski definition) is 1. The van der Waals surface area contributed by atoms with Crippen LogP contribution in [0.25, 0.3) is 11.1 Å². The van der Waals surface area contributed by atoms with Crippen molar-refractivity contribution in [3.63, 3.8) is 0 Å². The molecule has 0 amide bonds. The van der Waals surface area contributed by atoms with Gasteiger partial charge in [-0.3, -0.25) is 0 Å². The molecule has 2 rings (SSSR count). The van der Waals surface area contributed by atoms with E-state index in [0.29, 0.717) is 16.7 Å². The average Bonchev–Trinajstić information content (AvgIpc) is 2.34. The maximum Gasteiger partial charge on any atom is 0.335 e. The molecule has 4 heteroatoms. The highest BCUT2D eigenvalue weighted by Gasteiger charge is 2.10. The zero-order valence-corrected chi connectivity index (χ0v) is 10.3. The molecule has 0 radical (unpaired) electrons. The van der Waals surface area contributed by atoms with E-state index in [0.717, 1.165) is 0 Å². The van der Waals surface area contributed by atoms with Crippen molar-refractivity contribution < 1.29 is 14.3 Å². The van der Waals surface area contributed by atoms with Crippen molar-refractivity contribution in [1.82, 2.24) is 0 Å². The third-order valence-electron chi connectivity index (χ3n) is 2.67. The average molecular weight is 265 g/mol. The maximum absolute atomic E-state index is 13.3. The first-order valence-electron chi connectivity index (χ1n) is 5.28. The number of carbonyl (C=O) groups is 1. The highest BCUT2D eigenvalue weighted by Crippen LogP contribution is 2.30. The van der Waals surface area contributed by atoms with Gasteiger partial charge in [0.15, 0.2) is 0 Å². The van der Waals surface area contributed by atoms with Gasteiger partial charge in [-0.2, -0.15) is 0 Å². The predicted octanol–water partition coefficient (Wildman–Crippen LogP) is 4.15. The Bertz CT molecular complexity index is 623. The fourth-order valence-corrected chi connectivity index (χ4v) is 1.96. The van der Waals surface area contributed by atoms with Gasteiger partial charge in [0.1, 0.15) is 5.82 Å². The van der Waals surface area contributed by atoms with Gasteiger partial charge in [0.2, 0.25) is 0 Å². The summed E-state index contributed by atoms with van der Waals surface area (Å²) in [7, 11) is 0. The van der Waals surface area contributed by atoms with Gasteiger partial charge in [0, 0.05) is 5.56 Å². The van der Waals surface area contributed by atoms with Crippen LogP contribution in [0.4, 0.5) is 4.39 Å². The van der Waals surface area contributed by atoms with Gasteiger partial charge in [0.05, 0.1) is 10.6 Å². The Labute approximate surface area is 109 Å². The predicted molar refractivity (Wildman–Crippen MR) is 68.5 cm³/mol. The van der Waals surface area contributed by atoms with E-state index in [4.69, 9.17) is 16.7 Å². The van der Waals surface area contributed by atoms with Crippen LogP contribution in [0.1, 0.15) is 15.9 Å². The Kier molecular flexibility index (Phi) is 3.34. The first kappa shape index (κ1) is 12.6. The minimum atomic E-state index is -1.01. The summed E-state index contributed by atoms with van der Waals surface area (Å²) in [6.45, 7) is 1.64. The van der Waals surface area contributed by atoms with Crippen molar-refractivity contribution >= 4 is 17.6 Å². The summed E-state index contributed by atoms with van der Waals surface area (Å²) in [6, 6.07) is 9.23. The molecule has 0 aliphatic heterocycles. The lowest BCUT2D eigenvalue weighted by atomic mass is 10.0. The van der Waals surface area contributed by atoms with Crippen molar-refractivity contribution in [3.8, 4) is 11.1 Å². The van der Waals surface area contributed by atoms with E-state index in [1.54, 1.807) is 25.1 Å². The summed E-state index contributed by atoms with van der Waals surface area (Å²) in [5, 5.41) is 9.20. The molecular formula is C14H10ClFO2. The number of hydrogen-bond acceptors (Lipinski definition) is 1. The van der Waals surface area contributed by atoms with Gasteiger partial charge in [-0.05, 0) is 42.3 Å². The number of rotatable bonds is 2. The van der Waals surface area contributed by atoms with Crippen LogP contribution in [0.15, 0.2) is 36.4 Å². The molecule has 2 aromatic carbocycles. The zero-order valence-electron chi connectivity index (χ0n) is 9.58. The van der Waals surface area contributed by atoms with Crippen LogP contribution in [-0.4, -0.2) is 11.1 Å². The van der Waals surface area contributed by atoms with Crippen molar-refractivity contribution in [2.45, 2.75) is 6.92 Å². The van der Waals surface area contributed by atoms with Gasteiger partial charge in [-0.1, -0.05) is 23.7 Å². The standard InChI is InChI=1S/C14H10ClFO2/c1-8-5-11(12(15)7-13(8)16)9-3-2-4-10(6-9)14(17)18/h2-7H,1H3,(H,17,18). The van der Waals surface area contributed by atoms with E-state index in [9.17, 15) is 9.18 Å². The maximum atomic E-state index is 13.3. The molecule has 2 nitrogen and oxygen atoms in total. The number of carboxylic acid groups (broad SMARTS) is 1. The molecule has 18 heavy (non-hydrogen) atoms.